The third-order valence-corrected chi connectivity index (χ3v) is 3.63. The fourth-order valence-corrected chi connectivity index (χ4v) is 2.39. The second kappa shape index (κ2) is 5.05. The third-order valence-electron chi connectivity index (χ3n) is 2.99. The molecule has 0 aliphatic heterocycles. The minimum absolute atomic E-state index is 0.242. The van der Waals surface area contributed by atoms with E-state index in [2.05, 4.69) is 31.3 Å². The zero-order valence-corrected chi connectivity index (χ0v) is 12.3. The van der Waals surface area contributed by atoms with E-state index in [1.807, 2.05) is 31.3 Å². The zero-order chi connectivity index (χ0) is 14.1. The van der Waals surface area contributed by atoms with Crippen LogP contribution in [0.4, 0.5) is 5.69 Å². The summed E-state index contributed by atoms with van der Waals surface area (Å²) >= 11 is 3.35. The molecule has 2 aromatic heterocycles. The van der Waals surface area contributed by atoms with Gasteiger partial charge in [0, 0.05) is 24.8 Å². The summed E-state index contributed by atoms with van der Waals surface area (Å²) in [6.45, 7) is 0. The van der Waals surface area contributed by atoms with Crippen LogP contribution >= 0.6 is 15.9 Å². The van der Waals surface area contributed by atoms with Crippen molar-refractivity contribution in [1.29, 1.82) is 0 Å². The van der Waals surface area contributed by atoms with Crippen LogP contribution < -0.4 is 5.32 Å². The summed E-state index contributed by atoms with van der Waals surface area (Å²) in [4.78, 5) is 16.3. The number of hydrogen-bond acceptors (Lipinski definition) is 3. The average molecular weight is 331 g/mol. The molecule has 6 heteroatoms. The van der Waals surface area contributed by atoms with Gasteiger partial charge in [-0.05, 0) is 28.1 Å². The number of anilines is 1. The Labute approximate surface area is 123 Å². The average Bonchev–Trinajstić information content (AvgIpc) is 2.79. The number of para-hydroxylation sites is 1. The van der Waals surface area contributed by atoms with Gasteiger partial charge in [-0.25, -0.2) is 0 Å². The van der Waals surface area contributed by atoms with Crippen LogP contribution in [-0.2, 0) is 7.05 Å². The molecule has 1 amide bonds. The lowest BCUT2D eigenvalue weighted by molar-refractivity contribution is 0.102. The Bertz CT molecular complexity index is 797. The van der Waals surface area contributed by atoms with Crippen LogP contribution in [0.25, 0.3) is 10.9 Å². The molecule has 0 bridgehead atoms. The lowest BCUT2D eigenvalue weighted by Crippen LogP contribution is -2.13. The van der Waals surface area contributed by atoms with Gasteiger partial charge in [-0.1, -0.05) is 18.2 Å². The number of aryl methyl sites for hydroxylation is 1. The summed E-state index contributed by atoms with van der Waals surface area (Å²) in [7, 11) is 1.82. The van der Waals surface area contributed by atoms with Crippen LogP contribution in [-0.4, -0.2) is 20.7 Å². The second-order valence-corrected chi connectivity index (χ2v) is 5.15. The van der Waals surface area contributed by atoms with Gasteiger partial charge >= 0.3 is 0 Å². The van der Waals surface area contributed by atoms with Crippen molar-refractivity contribution in [3.05, 3.63) is 52.9 Å². The first-order valence-corrected chi connectivity index (χ1v) is 6.78. The van der Waals surface area contributed by atoms with Crippen LogP contribution in [0, 0.1) is 0 Å². The van der Waals surface area contributed by atoms with Gasteiger partial charge in [-0.15, -0.1) is 0 Å². The van der Waals surface area contributed by atoms with Crippen LogP contribution in [0.1, 0.15) is 10.5 Å². The van der Waals surface area contributed by atoms with Crippen molar-refractivity contribution in [2.45, 2.75) is 0 Å². The molecule has 0 saturated carbocycles. The Morgan fingerprint density at radius 3 is 2.90 bits per heavy atom. The van der Waals surface area contributed by atoms with Crippen LogP contribution in [0.5, 0.6) is 0 Å². The summed E-state index contributed by atoms with van der Waals surface area (Å²) in [5, 5.41) is 7.95. The lowest BCUT2D eigenvalue weighted by atomic mass is 10.2. The highest BCUT2D eigenvalue weighted by molar-refractivity contribution is 9.10. The van der Waals surface area contributed by atoms with Gasteiger partial charge in [0.1, 0.15) is 0 Å². The molecule has 0 saturated heterocycles. The van der Waals surface area contributed by atoms with E-state index in [0.29, 0.717) is 11.4 Å². The molecule has 0 aliphatic rings. The minimum Gasteiger partial charge on any atom is -0.319 e. The van der Waals surface area contributed by atoms with E-state index in [9.17, 15) is 4.79 Å². The van der Waals surface area contributed by atoms with E-state index in [1.165, 1.54) is 0 Å². The van der Waals surface area contributed by atoms with Crippen LogP contribution in [0.3, 0.4) is 0 Å². The van der Waals surface area contributed by atoms with Crippen LogP contribution in [0.2, 0.25) is 0 Å². The van der Waals surface area contributed by atoms with E-state index < -0.39 is 0 Å². The first-order chi connectivity index (χ1) is 9.66. The number of amides is 1. The number of halogens is 1. The molecule has 100 valence electrons. The number of benzene rings is 1. The second-order valence-electron chi connectivity index (χ2n) is 4.30. The van der Waals surface area contributed by atoms with Crippen molar-refractivity contribution in [2.24, 2.45) is 7.05 Å². The normalized spacial score (nSPS) is 10.7. The Morgan fingerprint density at radius 2 is 2.10 bits per heavy atom. The lowest BCUT2D eigenvalue weighted by Gasteiger charge is -2.04. The number of aromatic nitrogens is 3. The van der Waals surface area contributed by atoms with Gasteiger partial charge < -0.3 is 5.32 Å². The number of nitrogens with one attached hydrogen (secondary N) is 1. The summed E-state index contributed by atoms with van der Waals surface area (Å²) in [5.41, 5.74) is 2.00. The Morgan fingerprint density at radius 1 is 1.30 bits per heavy atom. The first-order valence-electron chi connectivity index (χ1n) is 5.99. The van der Waals surface area contributed by atoms with Crippen LogP contribution in [0.15, 0.2) is 47.2 Å². The molecular weight excluding hydrogens is 320 g/mol. The highest BCUT2D eigenvalue weighted by atomic mass is 79.9. The molecule has 1 aromatic carbocycles. The topological polar surface area (TPSA) is 59.8 Å². The number of carbonyl (C=O) groups is 1. The van der Waals surface area contributed by atoms with E-state index >= 15 is 0 Å². The molecular formula is C14H11BrN4O. The van der Waals surface area contributed by atoms with E-state index in [1.54, 1.807) is 23.1 Å². The molecule has 1 N–H and O–H groups in total. The zero-order valence-electron chi connectivity index (χ0n) is 10.7. The number of nitrogens with zero attached hydrogens (tertiary/aromatic N) is 3. The van der Waals surface area contributed by atoms with E-state index in [-0.39, 0.29) is 5.91 Å². The first kappa shape index (κ1) is 12.8. The summed E-state index contributed by atoms with van der Waals surface area (Å²) in [6, 6.07) is 9.36. The quantitative estimate of drug-likeness (QED) is 0.785. The third kappa shape index (κ3) is 2.18. The largest absolute Gasteiger partial charge is 0.319 e. The predicted molar refractivity (Wildman–Crippen MR) is 80.6 cm³/mol. The smallest absolute Gasteiger partial charge is 0.276 e. The molecule has 20 heavy (non-hydrogen) atoms. The van der Waals surface area contributed by atoms with E-state index in [0.717, 1.165) is 15.4 Å². The highest BCUT2D eigenvalue weighted by Crippen LogP contribution is 2.22. The van der Waals surface area contributed by atoms with Gasteiger partial charge in [0.05, 0.1) is 15.7 Å². The summed E-state index contributed by atoms with van der Waals surface area (Å²) in [6.07, 6.45) is 3.25. The van der Waals surface area contributed by atoms with Crippen molar-refractivity contribution in [1.82, 2.24) is 14.8 Å². The maximum absolute atomic E-state index is 12.4. The molecule has 0 fully saturated rings. The van der Waals surface area contributed by atoms with Gasteiger partial charge in [-0.3, -0.25) is 14.5 Å². The fraction of sp³-hybridized carbons (Fsp3) is 0.0714. The molecule has 0 spiro atoms. The molecule has 0 atom stereocenters. The highest BCUT2D eigenvalue weighted by Gasteiger charge is 2.16. The molecule has 5 nitrogen and oxygen atoms in total. The van der Waals surface area contributed by atoms with Crippen molar-refractivity contribution in [2.75, 3.05) is 5.32 Å². The Hall–Kier alpha value is -2.21. The number of fused-ring (bicyclic) bond motifs is 1. The van der Waals surface area contributed by atoms with Gasteiger partial charge in [-0.2, -0.15) is 5.10 Å². The molecule has 3 aromatic rings. The SMILES string of the molecule is Cn1nc(C(=O)Nc2ccncc2Br)c2ccccc21. The molecule has 0 aliphatic carbocycles. The molecule has 0 unspecified atom stereocenters. The van der Waals surface area contributed by atoms with Crippen molar-refractivity contribution >= 4 is 38.4 Å². The fourth-order valence-electron chi connectivity index (χ4n) is 2.04. The van der Waals surface area contributed by atoms with Gasteiger partial charge in [0.15, 0.2) is 5.69 Å². The monoisotopic (exact) mass is 330 g/mol. The predicted octanol–water partition coefficient (Wildman–Crippen LogP) is 2.98. The number of hydrogen-bond donors (Lipinski definition) is 1. The Balaban J connectivity index is 2.00. The number of carbonyl (C=O) groups excluding carboxylic acids is 1. The molecule has 3 rings (SSSR count). The van der Waals surface area contributed by atoms with Crippen molar-refractivity contribution < 1.29 is 4.79 Å². The summed E-state index contributed by atoms with van der Waals surface area (Å²) in [5.74, 6) is -0.242. The summed E-state index contributed by atoms with van der Waals surface area (Å²) < 4.78 is 2.43. The van der Waals surface area contributed by atoms with Crippen molar-refractivity contribution in [3.8, 4) is 0 Å². The maximum Gasteiger partial charge on any atom is 0.276 e. The van der Waals surface area contributed by atoms with E-state index in [4.69, 9.17) is 0 Å². The number of rotatable bonds is 2. The maximum atomic E-state index is 12.4. The standard InChI is InChI=1S/C14H11BrN4O/c1-19-12-5-3-2-4-9(12)13(18-19)14(20)17-11-6-7-16-8-10(11)15/h2-8H,1H3,(H,16,17,20). The minimum atomic E-state index is -0.242. The van der Waals surface area contributed by atoms with Gasteiger partial charge in [0.25, 0.3) is 5.91 Å². The number of pyridine rings is 1. The molecule has 0 radical (unpaired) electrons. The van der Waals surface area contributed by atoms with Crippen molar-refractivity contribution in [3.63, 3.8) is 0 Å². The van der Waals surface area contributed by atoms with Gasteiger partial charge in [0.2, 0.25) is 0 Å². The molecule has 2 heterocycles. The Kier molecular flexibility index (Phi) is 3.23.